The molecule has 3 unspecified atom stereocenters. The van der Waals surface area contributed by atoms with Crippen LogP contribution in [0.4, 0.5) is 44.2 Å². The number of rotatable bonds is 28. The molecule has 8 aliphatic rings. The van der Waals surface area contributed by atoms with E-state index in [-0.39, 0.29) is 38.6 Å². The van der Waals surface area contributed by atoms with Crippen molar-refractivity contribution in [2.75, 3.05) is 211 Å². The van der Waals surface area contributed by atoms with Crippen molar-refractivity contribution in [3.05, 3.63) is 364 Å². The second-order valence-electron chi connectivity index (χ2n) is 36.7. The Morgan fingerprint density at radius 1 is 0.369 bits per heavy atom. The monoisotopic (exact) mass is 1960 g/mol. The molecule has 744 valence electrons. The zero-order chi connectivity index (χ0) is 98.8. The maximum absolute atomic E-state index is 13.0. The van der Waals surface area contributed by atoms with Crippen molar-refractivity contribution < 1.29 is 48.0 Å². The van der Waals surface area contributed by atoms with Crippen LogP contribution in [0.15, 0.2) is 279 Å². The molecule has 6 saturated heterocycles. The van der Waals surface area contributed by atoms with Gasteiger partial charge in [-0.3, -0.25) is 69.4 Å². The molecule has 3 atom stereocenters. The van der Waals surface area contributed by atoms with Gasteiger partial charge >= 0.3 is 0 Å². The number of hydrogen-bond acceptors (Lipinski definition) is 23. The summed E-state index contributed by atoms with van der Waals surface area (Å²) in [6, 6.07) is 83.1. The van der Waals surface area contributed by atoms with Crippen molar-refractivity contribution in [3.8, 4) is 28.7 Å². The fourth-order valence-corrected chi connectivity index (χ4v) is 19.5. The lowest BCUT2D eigenvalue weighted by molar-refractivity contribution is -0.385. The van der Waals surface area contributed by atoms with Crippen LogP contribution >= 0.6 is 23.2 Å². The van der Waals surface area contributed by atoms with Crippen LogP contribution in [-0.4, -0.2) is 256 Å². The van der Waals surface area contributed by atoms with Crippen LogP contribution in [0.5, 0.6) is 28.7 Å². The fraction of sp³-hybridized carbons (Fsp3) is 0.378. The van der Waals surface area contributed by atoms with Crippen molar-refractivity contribution in [1.29, 1.82) is 0 Å². The molecular formula is C111H132Cl2FN15O12. The number of carbonyl (C=O) groups is 1. The zero-order valence-corrected chi connectivity index (χ0v) is 82.8. The fourth-order valence-electron chi connectivity index (χ4n) is 19.1. The summed E-state index contributed by atoms with van der Waals surface area (Å²) in [6.45, 7) is 35.5. The number of nitro groups is 3. The number of aromatic hydroxyl groups is 1. The lowest BCUT2D eigenvalue weighted by Crippen LogP contribution is -2.50. The van der Waals surface area contributed by atoms with Crippen molar-refractivity contribution in [3.63, 3.8) is 0 Å². The van der Waals surface area contributed by atoms with E-state index in [0.717, 1.165) is 276 Å². The molecule has 141 heavy (non-hydrogen) atoms. The van der Waals surface area contributed by atoms with Gasteiger partial charge in [-0.25, -0.2) is 4.39 Å². The number of piperazine rings is 6. The Balaban J connectivity index is 0.000000135. The molecule has 1 saturated carbocycles. The topological polar surface area (TPSA) is 243 Å². The van der Waals surface area contributed by atoms with Gasteiger partial charge in [0.05, 0.1) is 52.9 Å². The van der Waals surface area contributed by atoms with Gasteiger partial charge in [-0.15, -0.1) is 0 Å². The predicted molar refractivity (Wildman–Crippen MR) is 560 cm³/mol. The van der Waals surface area contributed by atoms with Crippen molar-refractivity contribution in [2.45, 2.75) is 66.0 Å². The molecule has 30 heteroatoms. The highest BCUT2D eigenvalue weighted by Gasteiger charge is 2.37. The normalized spacial score (nSPS) is 18.0. The first-order valence-corrected chi connectivity index (χ1v) is 49.8. The van der Waals surface area contributed by atoms with Gasteiger partial charge in [0.15, 0.2) is 0 Å². The van der Waals surface area contributed by atoms with Gasteiger partial charge in [0.1, 0.15) is 34.6 Å². The van der Waals surface area contributed by atoms with Gasteiger partial charge < -0.3 is 48.6 Å². The number of phenolic OH excluding ortho intramolecular Hbond substituents is 1. The average Bonchev–Trinajstić information content (AvgIpc) is 0.892. The number of amides is 1. The average molecular weight is 1960 g/mol. The molecule has 0 aromatic heterocycles. The minimum absolute atomic E-state index is 0.0151. The number of methoxy groups -OCH3 is 2. The van der Waals surface area contributed by atoms with E-state index in [4.69, 9.17) is 42.1 Å². The van der Waals surface area contributed by atoms with Crippen molar-refractivity contribution in [2.24, 2.45) is 17.8 Å². The Bertz CT molecular complexity index is 5710. The van der Waals surface area contributed by atoms with E-state index in [0.29, 0.717) is 24.5 Å². The first-order valence-electron chi connectivity index (χ1n) is 49.1. The first kappa shape index (κ1) is 104. The number of para-hydroxylation sites is 1. The number of nitrogens with zero attached hydrogens (tertiary/aromatic N) is 15. The number of non-ortho nitro benzene ring substituents is 3. The maximum Gasteiger partial charge on any atom is 0.269 e. The van der Waals surface area contributed by atoms with Crippen molar-refractivity contribution >= 4 is 68.9 Å². The summed E-state index contributed by atoms with van der Waals surface area (Å²) < 4.78 is 34.5. The lowest BCUT2D eigenvalue weighted by atomic mass is 9.93. The highest BCUT2D eigenvalue weighted by atomic mass is 35.5. The number of halogens is 3. The van der Waals surface area contributed by atoms with Crippen LogP contribution in [0.3, 0.4) is 0 Å². The number of nitro benzene ring substituents is 3. The minimum Gasteiger partial charge on any atom is -0.508 e. The van der Waals surface area contributed by atoms with Gasteiger partial charge in [-0.05, 0) is 211 Å². The molecular weight excluding hydrogens is 1830 g/mol. The number of fused-ring (bicyclic) bond motifs is 2. The van der Waals surface area contributed by atoms with Crippen LogP contribution < -0.4 is 38.5 Å². The van der Waals surface area contributed by atoms with Gasteiger partial charge in [-0.1, -0.05) is 126 Å². The van der Waals surface area contributed by atoms with Gasteiger partial charge in [-0.2, -0.15) is 0 Å². The van der Waals surface area contributed by atoms with E-state index in [9.17, 15) is 44.6 Å². The summed E-state index contributed by atoms with van der Waals surface area (Å²) in [5.41, 5.74) is 12.9. The second-order valence-corrected chi connectivity index (χ2v) is 37.5. The molecule has 0 spiro atoms. The van der Waals surface area contributed by atoms with Crippen LogP contribution in [-0.2, 0) is 39.3 Å². The number of carbonyl (C=O) groups excluding carboxylic acids is 1. The van der Waals surface area contributed by atoms with Crippen molar-refractivity contribution in [1.82, 2.24) is 39.2 Å². The van der Waals surface area contributed by atoms with E-state index in [1.165, 1.54) is 70.7 Å². The summed E-state index contributed by atoms with van der Waals surface area (Å²) in [6.07, 6.45) is 7.43. The molecule has 0 radical (unpaired) electrons. The molecule has 1 amide bonds. The summed E-state index contributed by atoms with van der Waals surface area (Å²) in [5.74, 6) is 6.10. The number of hydrogen-bond donors (Lipinski definition) is 1. The second kappa shape index (κ2) is 53.2. The van der Waals surface area contributed by atoms with Gasteiger partial charge in [0.2, 0.25) is 0 Å². The van der Waals surface area contributed by atoms with Gasteiger partial charge in [0.25, 0.3) is 23.0 Å². The third kappa shape index (κ3) is 32.1. The highest BCUT2D eigenvalue weighted by Crippen LogP contribution is 2.44. The summed E-state index contributed by atoms with van der Waals surface area (Å²) in [4.78, 5) is 71.9. The van der Waals surface area contributed by atoms with E-state index < -0.39 is 4.92 Å². The Kier molecular flexibility index (Phi) is 39.3. The van der Waals surface area contributed by atoms with Gasteiger partial charge in [0, 0.05) is 273 Å². The van der Waals surface area contributed by atoms with Crippen LogP contribution in [0, 0.1) is 53.9 Å². The molecule has 6 heterocycles. The van der Waals surface area contributed by atoms with Crippen LogP contribution in [0.2, 0.25) is 10.0 Å². The maximum atomic E-state index is 13.0. The summed E-state index contributed by atoms with van der Waals surface area (Å²) in [5, 5.41) is 43.1. The van der Waals surface area contributed by atoms with E-state index >= 15 is 0 Å². The van der Waals surface area contributed by atoms with E-state index in [1.54, 1.807) is 62.8 Å². The van der Waals surface area contributed by atoms with Crippen LogP contribution in [0.1, 0.15) is 70.4 Å². The molecule has 2 aliphatic carbocycles. The Morgan fingerprint density at radius 3 is 1.11 bits per heavy atom. The molecule has 2 bridgehead atoms. The molecule has 11 aromatic rings. The molecule has 11 aromatic carbocycles. The SMILES string of the molecule is CCOc1ccc(CN2CCN(Cc3ccc([N+](=O)[O-])cc3)CC2)cc1.CCOc1ccc(CN2CCN(c3ccc(F)cc3)CC2)cc1.COc1ccc(N2CCN(Cc3ccc(Cl)cc3)CC2)cc1.COc1cccc(N2CCN(Cc3ccc([N+](=O)[O-])cc3)CC2)c1.O=C(c1ccc([N+](=O)[O-])cc1)N1CCN(CC2CC3C=CC2C3)CC1.Oc1ccc(CN2CCN(c3ccccc3Cl)CC2)cc1. The van der Waals surface area contributed by atoms with E-state index in [1.807, 2.05) is 146 Å². The third-order valence-corrected chi connectivity index (χ3v) is 27.7. The summed E-state index contributed by atoms with van der Waals surface area (Å²) >= 11 is 12.2. The Morgan fingerprint density at radius 2 is 0.723 bits per heavy atom. The zero-order valence-electron chi connectivity index (χ0n) is 81.3. The molecule has 19 rings (SSSR count). The largest absolute Gasteiger partial charge is 0.508 e. The predicted octanol–water partition coefficient (Wildman–Crippen LogP) is 19.4. The first-order chi connectivity index (χ1) is 68.6. The number of ether oxygens (including phenoxy) is 4. The van der Waals surface area contributed by atoms with Crippen LogP contribution in [0.25, 0.3) is 0 Å². The third-order valence-electron chi connectivity index (χ3n) is 27.1. The Labute approximate surface area is 838 Å². The lowest BCUT2D eigenvalue weighted by Gasteiger charge is -2.37. The molecule has 7 fully saturated rings. The molecule has 6 aliphatic heterocycles. The number of anilines is 4. The quantitative estimate of drug-likeness (QED) is 0.0272. The molecule has 27 nitrogen and oxygen atoms in total. The highest BCUT2D eigenvalue weighted by molar-refractivity contribution is 6.33. The number of allylic oxidation sites excluding steroid dienone is 2. The number of benzene rings is 11. The smallest absolute Gasteiger partial charge is 0.269 e. The van der Waals surface area contributed by atoms with E-state index in [2.05, 4.69) is 133 Å². The summed E-state index contributed by atoms with van der Waals surface area (Å²) in [7, 11) is 3.38. The molecule has 1 N–H and O–H groups in total. The Hall–Kier alpha value is -12.7. The standard InChI is InChI=1S/C20H25N3O3.C19H23FN2O.C19H23N3O3.C18H21ClN2O.C18H21N3O3.C17H19ClN2O/c1-2-26-20-9-5-18(6-10-20)16-22-13-11-21(12-14-22)15-17-3-7-19(8-4-17)23(24)25;1-2-23-19-9-3-16(4-10-19)15-21-11-13-22(14-12-21)18-7-5-17(20)6-8-18;23-19(15-3-5-18(6-4-15)22(24)25)21-9-7-20(8-10-21)13-17-12-14-1-2-16(17)11-14;1-22-18-8-6-17(7-9-18)21-12-10-20(11-13-21)14-15-2-4-16(19)5-3-15;1-24-18-4-2-3-17(13-18)20-11-9-19(10-12-20)14-15-5-7-16(8-6-15)21(22)23;18-16-3-1-2-4-17(16)20-11-9-19(10-12-20)13-14-5-7-15(21)8-6-14/h3-10H,2,11-16H2,1H3;3-10H,2,11-15H2,1H3;1-6,14,16-17H,7-13H2;2-9H,10-14H2,1H3;2-8,13H,9-12,14H2,1H3;1-8,21H,9-13H2. The number of phenols is 1. The minimum atomic E-state index is -0.447.